The molecule has 0 saturated heterocycles. The average Bonchev–Trinajstić information content (AvgIpc) is 3.64. The van der Waals surface area contributed by atoms with Crippen molar-refractivity contribution in [2.24, 2.45) is 0 Å². The van der Waals surface area contributed by atoms with Crippen molar-refractivity contribution in [2.75, 3.05) is 0 Å². The third-order valence-electron chi connectivity index (χ3n) is 9.10. The molecular weight excluding hydrogens is 617 g/mol. The molecule has 50 heavy (non-hydrogen) atoms. The van der Waals surface area contributed by atoms with Crippen LogP contribution in [0, 0.1) is 61.0 Å². The van der Waals surface area contributed by atoms with E-state index in [4.69, 9.17) is 13.1 Å². The number of nitrogens with zero attached hydrogens (tertiary/aromatic N) is 8. The van der Waals surface area contributed by atoms with Crippen LogP contribution in [0.3, 0.4) is 0 Å². The van der Waals surface area contributed by atoms with Gasteiger partial charge in [0.2, 0.25) is 0 Å². The molecule has 0 aliphatic heterocycles. The van der Waals surface area contributed by atoms with Crippen molar-refractivity contribution < 1.29 is 0 Å². The molecule has 3 aromatic heterocycles. The van der Waals surface area contributed by atoms with E-state index < -0.39 is 0 Å². The van der Waals surface area contributed by atoms with Crippen LogP contribution in [0.2, 0.25) is 0 Å². The summed E-state index contributed by atoms with van der Waals surface area (Å²) < 4.78 is 4.06. The van der Waals surface area contributed by atoms with Crippen LogP contribution in [0.1, 0.15) is 28.1 Å². The summed E-state index contributed by atoms with van der Waals surface area (Å²) in [5.74, 6) is 0. The molecule has 8 nitrogen and oxygen atoms in total. The lowest BCUT2D eigenvalue weighted by Gasteiger charge is -2.21. The topological polar surface area (TPSA) is 103 Å². The van der Waals surface area contributed by atoms with Crippen LogP contribution in [0.15, 0.2) is 97.1 Å². The summed E-state index contributed by atoms with van der Waals surface area (Å²) >= 11 is 0. The highest BCUT2D eigenvalue weighted by molar-refractivity contribution is 6.13. The van der Waals surface area contributed by atoms with E-state index in [1.807, 2.05) is 95.8 Å². The summed E-state index contributed by atoms with van der Waals surface area (Å²) in [6.07, 6.45) is 0. The molecule has 0 unspecified atom stereocenters. The van der Waals surface area contributed by atoms with Gasteiger partial charge in [0.15, 0.2) is 11.4 Å². The zero-order valence-corrected chi connectivity index (χ0v) is 26.8. The Bertz CT molecular complexity index is 2680. The summed E-state index contributed by atoms with van der Waals surface area (Å²) in [5, 5.41) is 34.0. The van der Waals surface area contributed by atoms with E-state index in [2.05, 4.69) is 32.9 Å². The second-order valence-corrected chi connectivity index (χ2v) is 12.1. The number of pyridine rings is 1. The molecule has 0 bridgehead atoms. The predicted octanol–water partition coefficient (Wildman–Crippen LogP) is 10.3. The maximum absolute atomic E-state index is 10.6. The Balaban J connectivity index is 1.65. The van der Waals surface area contributed by atoms with Gasteiger partial charge >= 0.3 is 0 Å². The first-order valence-electron chi connectivity index (χ1n) is 15.6. The van der Waals surface area contributed by atoms with Gasteiger partial charge in [-0.2, -0.15) is 15.8 Å². The minimum absolute atomic E-state index is 0.377. The van der Waals surface area contributed by atoms with Gasteiger partial charge in [-0.25, -0.2) is 9.69 Å². The molecule has 0 fully saturated rings. The van der Waals surface area contributed by atoms with Crippen molar-refractivity contribution >= 4 is 55.0 Å². The van der Waals surface area contributed by atoms with E-state index in [-0.39, 0.29) is 0 Å². The average molecular weight is 639 g/mol. The zero-order chi connectivity index (χ0) is 34.7. The molecule has 8 aromatic rings. The molecule has 0 aliphatic rings. The molecule has 0 atom stereocenters. The van der Waals surface area contributed by atoms with E-state index in [0.717, 1.165) is 66.1 Å². The fourth-order valence-corrected chi connectivity index (χ4v) is 7.11. The van der Waals surface area contributed by atoms with Gasteiger partial charge in [0, 0.05) is 49.5 Å². The monoisotopic (exact) mass is 638 g/mol. The zero-order valence-electron chi connectivity index (χ0n) is 26.8. The molecule has 8 heteroatoms. The number of fused-ring (bicyclic) bond motifs is 6. The lowest BCUT2D eigenvalue weighted by atomic mass is 9.97. The van der Waals surface area contributed by atoms with Crippen LogP contribution in [-0.2, 0) is 0 Å². The van der Waals surface area contributed by atoms with Crippen LogP contribution in [0.4, 0.5) is 11.4 Å². The van der Waals surface area contributed by atoms with Gasteiger partial charge in [-0.15, -0.1) is 0 Å². The number of rotatable bonds is 3. The SMILES string of the molecule is [C-]#[N+]c1ccc2c3ccc(C#N)cc3n(-c3cc(C#N)cc(-n4c5cc(C#N)ccc5c5ccc([N+]#[C-])cc54)c3-c3cc(C)nc(C)c3)c2c1. The van der Waals surface area contributed by atoms with Crippen molar-refractivity contribution in [3.63, 3.8) is 0 Å². The van der Waals surface area contributed by atoms with E-state index in [0.29, 0.717) is 39.4 Å². The van der Waals surface area contributed by atoms with Gasteiger partial charge in [0.05, 0.1) is 70.5 Å². The summed E-state index contributed by atoms with van der Waals surface area (Å²) in [4.78, 5) is 12.1. The Morgan fingerprint density at radius 3 is 1.32 bits per heavy atom. The molecule has 0 radical (unpaired) electrons. The fourth-order valence-electron chi connectivity index (χ4n) is 7.11. The Kier molecular flexibility index (Phi) is 6.66. The quantitative estimate of drug-likeness (QED) is 0.180. The summed E-state index contributed by atoms with van der Waals surface area (Å²) in [6, 6.07) is 36.7. The second-order valence-electron chi connectivity index (χ2n) is 12.1. The van der Waals surface area contributed by atoms with Crippen molar-refractivity contribution in [2.45, 2.75) is 13.8 Å². The third kappa shape index (κ3) is 4.45. The third-order valence-corrected chi connectivity index (χ3v) is 9.10. The standard InChI is InChI=1S/C42H22N8/c1-24-13-29(14-25(2)48-24)42-40(49-36-15-26(21-43)5-9-32(36)34-11-7-30(46-3)19-38(34)49)17-28(23-45)18-41(42)50-37-16-27(22-44)6-10-33(37)35-12-8-31(47-4)20-39(35)50/h5-20H,1-2H3. The van der Waals surface area contributed by atoms with Gasteiger partial charge in [-0.3, -0.25) is 4.98 Å². The van der Waals surface area contributed by atoms with Gasteiger partial charge in [0.25, 0.3) is 0 Å². The number of nitriles is 3. The first kappa shape index (κ1) is 29.7. The minimum Gasteiger partial charge on any atom is -0.310 e. The molecule has 0 amide bonds. The molecule has 8 rings (SSSR count). The Labute approximate surface area is 286 Å². The molecule has 5 aromatic carbocycles. The molecule has 0 aliphatic carbocycles. The van der Waals surface area contributed by atoms with Crippen LogP contribution in [0.25, 0.3) is 75.8 Å². The summed E-state index contributed by atoms with van der Waals surface area (Å²) in [6.45, 7) is 19.5. The number of aromatic nitrogens is 3. The van der Waals surface area contributed by atoms with Crippen LogP contribution in [0.5, 0.6) is 0 Å². The predicted molar refractivity (Wildman–Crippen MR) is 194 cm³/mol. The maximum Gasteiger partial charge on any atom is 0.189 e. The number of benzene rings is 5. The van der Waals surface area contributed by atoms with Crippen molar-refractivity contribution in [1.29, 1.82) is 15.8 Å². The Morgan fingerprint density at radius 1 is 0.520 bits per heavy atom. The highest BCUT2D eigenvalue weighted by Gasteiger charge is 2.24. The minimum atomic E-state index is 0.377. The smallest absolute Gasteiger partial charge is 0.189 e. The van der Waals surface area contributed by atoms with E-state index in [1.54, 1.807) is 24.3 Å². The van der Waals surface area contributed by atoms with Gasteiger partial charge in [-0.05, 0) is 80.1 Å². The van der Waals surface area contributed by atoms with Crippen molar-refractivity contribution in [3.05, 3.63) is 148 Å². The summed E-state index contributed by atoms with van der Waals surface area (Å²) in [7, 11) is 0. The fraction of sp³-hybridized carbons (Fsp3) is 0.0476. The molecular formula is C42H22N8. The largest absolute Gasteiger partial charge is 0.310 e. The van der Waals surface area contributed by atoms with Gasteiger partial charge in [-0.1, -0.05) is 36.4 Å². The molecule has 0 saturated carbocycles. The van der Waals surface area contributed by atoms with E-state index in [1.165, 1.54) is 0 Å². The van der Waals surface area contributed by atoms with Crippen molar-refractivity contribution in [3.8, 4) is 40.7 Å². The second kappa shape index (κ2) is 11.2. The normalized spacial score (nSPS) is 10.9. The van der Waals surface area contributed by atoms with Gasteiger partial charge < -0.3 is 9.13 Å². The Hall–Kier alpha value is -7.70. The molecule has 0 spiro atoms. The van der Waals surface area contributed by atoms with E-state index in [9.17, 15) is 15.8 Å². The first-order valence-corrected chi connectivity index (χ1v) is 15.6. The summed E-state index contributed by atoms with van der Waals surface area (Å²) in [5.41, 5.74) is 9.74. The van der Waals surface area contributed by atoms with Crippen LogP contribution in [-0.4, -0.2) is 14.1 Å². The van der Waals surface area contributed by atoms with Gasteiger partial charge in [0.1, 0.15) is 0 Å². The molecule has 0 N–H and O–H groups in total. The first-order chi connectivity index (χ1) is 24.3. The maximum atomic E-state index is 10.6. The Morgan fingerprint density at radius 2 is 0.920 bits per heavy atom. The van der Waals surface area contributed by atoms with E-state index >= 15 is 0 Å². The lowest BCUT2D eigenvalue weighted by Crippen LogP contribution is -2.06. The lowest BCUT2D eigenvalue weighted by molar-refractivity contribution is 1.11. The van der Waals surface area contributed by atoms with Crippen LogP contribution >= 0.6 is 0 Å². The van der Waals surface area contributed by atoms with Crippen LogP contribution < -0.4 is 0 Å². The molecule has 3 heterocycles. The molecule has 230 valence electrons. The highest BCUT2D eigenvalue weighted by atomic mass is 15.0. The number of aryl methyl sites for hydroxylation is 2. The number of hydrogen-bond donors (Lipinski definition) is 0. The number of hydrogen-bond acceptors (Lipinski definition) is 4. The highest BCUT2D eigenvalue weighted by Crippen LogP contribution is 2.44. The van der Waals surface area contributed by atoms with Crippen molar-refractivity contribution in [1.82, 2.24) is 14.1 Å².